The highest BCUT2D eigenvalue weighted by atomic mass is 16.4. The Morgan fingerprint density at radius 1 is 1.53 bits per heavy atom. The Labute approximate surface area is 95.4 Å². The van der Waals surface area contributed by atoms with Crippen LogP contribution in [0.5, 0.6) is 0 Å². The van der Waals surface area contributed by atoms with Gasteiger partial charge in [-0.15, -0.1) is 0 Å². The first-order chi connectivity index (χ1) is 8.16. The smallest absolute Gasteiger partial charge is 0.338 e. The van der Waals surface area contributed by atoms with Crippen molar-refractivity contribution >= 4 is 11.9 Å². The number of carbonyl (C=O) groups is 2. The third-order valence-electron chi connectivity index (χ3n) is 2.08. The van der Waals surface area contributed by atoms with E-state index in [0.29, 0.717) is 6.54 Å². The Bertz CT molecular complexity index is 530. The van der Waals surface area contributed by atoms with Crippen LogP contribution in [-0.4, -0.2) is 27.2 Å². The molecule has 0 bridgehead atoms. The van der Waals surface area contributed by atoms with Gasteiger partial charge in [0, 0.05) is 24.4 Å². The van der Waals surface area contributed by atoms with Gasteiger partial charge >= 0.3 is 5.97 Å². The maximum atomic E-state index is 11.5. The van der Waals surface area contributed by atoms with E-state index in [4.69, 9.17) is 9.52 Å². The van der Waals surface area contributed by atoms with Gasteiger partial charge in [-0.3, -0.25) is 9.89 Å². The Kier molecular flexibility index (Phi) is 2.91. The second kappa shape index (κ2) is 4.52. The molecular formula is C10H9N3O4. The van der Waals surface area contributed by atoms with Crippen molar-refractivity contribution in [3.63, 3.8) is 0 Å². The summed E-state index contributed by atoms with van der Waals surface area (Å²) in [5.74, 6) is -1.65. The van der Waals surface area contributed by atoms with Crippen LogP contribution in [0.4, 0.5) is 0 Å². The zero-order valence-electron chi connectivity index (χ0n) is 8.64. The van der Waals surface area contributed by atoms with E-state index in [1.807, 2.05) is 0 Å². The van der Waals surface area contributed by atoms with E-state index in [-0.39, 0.29) is 11.3 Å². The fourth-order valence-electron chi connectivity index (χ4n) is 1.21. The summed E-state index contributed by atoms with van der Waals surface area (Å²) in [5.41, 5.74) is 0.752. The van der Waals surface area contributed by atoms with Crippen LogP contribution in [0, 0.1) is 0 Å². The number of nitrogens with zero attached hydrogens (tertiary/aromatic N) is 1. The molecule has 0 unspecified atom stereocenters. The van der Waals surface area contributed by atoms with E-state index in [1.165, 1.54) is 6.07 Å². The highest BCUT2D eigenvalue weighted by Gasteiger charge is 2.14. The number of carboxylic acids is 1. The van der Waals surface area contributed by atoms with Crippen molar-refractivity contribution in [3.05, 3.63) is 41.6 Å². The predicted molar refractivity (Wildman–Crippen MR) is 55.4 cm³/mol. The Morgan fingerprint density at radius 3 is 2.94 bits per heavy atom. The predicted octanol–water partition coefficient (Wildman–Crippen LogP) is 0.631. The third-order valence-corrected chi connectivity index (χ3v) is 2.08. The Balaban J connectivity index is 1.97. The minimum atomic E-state index is -1.14. The number of amides is 1. The fourth-order valence-corrected chi connectivity index (χ4v) is 1.21. The summed E-state index contributed by atoms with van der Waals surface area (Å²) in [6.07, 6.45) is 4.24. The molecular weight excluding hydrogens is 226 g/mol. The van der Waals surface area contributed by atoms with E-state index in [1.54, 1.807) is 12.4 Å². The van der Waals surface area contributed by atoms with Crippen LogP contribution in [-0.2, 0) is 6.54 Å². The van der Waals surface area contributed by atoms with Crippen molar-refractivity contribution in [2.75, 3.05) is 0 Å². The van der Waals surface area contributed by atoms with Crippen LogP contribution >= 0.6 is 0 Å². The summed E-state index contributed by atoms with van der Waals surface area (Å²) in [6, 6.07) is 1.17. The number of nitrogens with one attached hydrogen (secondary N) is 2. The topological polar surface area (TPSA) is 108 Å². The van der Waals surface area contributed by atoms with E-state index in [2.05, 4.69) is 15.5 Å². The first-order valence-electron chi connectivity index (χ1n) is 4.74. The number of hydrogen-bond acceptors (Lipinski definition) is 4. The standard InChI is InChI=1S/C10H9N3O4/c14-9(11-2-6-3-12-13-4-6)8-1-7(5-17-8)10(15)16/h1,3-5H,2H2,(H,11,14)(H,12,13)(H,15,16). The van der Waals surface area contributed by atoms with Crippen LogP contribution in [0.2, 0.25) is 0 Å². The number of aromatic amines is 1. The molecule has 0 spiro atoms. The molecule has 1 amide bonds. The summed E-state index contributed by atoms with van der Waals surface area (Å²) < 4.78 is 4.84. The lowest BCUT2D eigenvalue weighted by atomic mass is 10.3. The normalized spacial score (nSPS) is 10.1. The number of carbonyl (C=O) groups excluding carboxylic acids is 1. The molecule has 88 valence electrons. The molecule has 2 rings (SSSR count). The van der Waals surface area contributed by atoms with Gasteiger partial charge in [0.15, 0.2) is 5.76 Å². The second-order valence-corrected chi connectivity index (χ2v) is 3.29. The van der Waals surface area contributed by atoms with Crippen molar-refractivity contribution in [2.45, 2.75) is 6.54 Å². The molecule has 17 heavy (non-hydrogen) atoms. The summed E-state index contributed by atoms with van der Waals surface area (Å²) in [4.78, 5) is 22.1. The van der Waals surface area contributed by atoms with Crippen LogP contribution < -0.4 is 5.32 Å². The number of rotatable bonds is 4. The van der Waals surface area contributed by atoms with Gasteiger partial charge in [0.1, 0.15) is 6.26 Å². The molecule has 2 aromatic rings. The van der Waals surface area contributed by atoms with Crippen LogP contribution in [0.1, 0.15) is 26.5 Å². The minimum Gasteiger partial charge on any atom is -0.478 e. The number of carboxylic acid groups (broad SMARTS) is 1. The highest BCUT2D eigenvalue weighted by Crippen LogP contribution is 2.07. The highest BCUT2D eigenvalue weighted by molar-refractivity contribution is 5.95. The number of aromatic carboxylic acids is 1. The average Bonchev–Trinajstić information content (AvgIpc) is 2.96. The van der Waals surface area contributed by atoms with E-state index in [0.717, 1.165) is 11.8 Å². The van der Waals surface area contributed by atoms with Gasteiger partial charge < -0.3 is 14.8 Å². The van der Waals surface area contributed by atoms with Crippen molar-refractivity contribution in [3.8, 4) is 0 Å². The lowest BCUT2D eigenvalue weighted by Crippen LogP contribution is -2.22. The summed E-state index contributed by atoms with van der Waals surface area (Å²) in [5, 5.41) is 17.6. The summed E-state index contributed by atoms with van der Waals surface area (Å²) in [6.45, 7) is 0.290. The molecule has 0 aliphatic heterocycles. The van der Waals surface area contributed by atoms with E-state index in [9.17, 15) is 9.59 Å². The van der Waals surface area contributed by atoms with Gasteiger partial charge in [-0.25, -0.2) is 4.79 Å². The van der Waals surface area contributed by atoms with Gasteiger partial charge in [0.05, 0.1) is 11.8 Å². The Morgan fingerprint density at radius 2 is 2.35 bits per heavy atom. The van der Waals surface area contributed by atoms with Gasteiger partial charge in [-0.05, 0) is 0 Å². The number of furan rings is 1. The summed E-state index contributed by atoms with van der Waals surface area (Å²) >= 11 is 0. The van der Waals surface area contributed by atoms with Crippen molar-refractivity contribution in [1.29, 1.82) is 0 Å². The van der Waals surface area contributed by atoms with Gasteiger partial charge in [-0.2, -0.15) is 5.10 Å². The quantitative estimate of drug-likeness (QED) is 0.720. The second-order valence-electron chi connectivity index (χ2n) is 3.29. The molecule has 7 nitrogen and oxygen atoms in total. The monoisotopic (exact) mass is 235 g/mol. The van der Waals surface area contributed by atoms with Gasteiger partial charge in [0.2, 0.25) is 0 Å². The maximum Gasteiger partial charge on any atom is 0.338 e. The van der Waals surface area contributed by atoms with Crippen LogP contribution in [0.25, 0.3) is 0 Å². The number of hydrogen-bond donors (Lipinski definition) is 3. The van der Waals surface area contributed by atoms with E-state index < -0.39 is 11.9 Å². The molecule has 0 fully saturated rings. The number of H-pyrrole nitrogens is 1. The lowest BCUT2D eigenvalue weighted by molar-refractivity contribution is 0.0696. The molecule has 2 heterocycles. The maximum absolute atomic E-state index is 11.5. The van der Waals surface area contributed by atoms with Crippen molar-refractivity contribution < 1.29 is 19.1 Å². The molecule has 2 aromatic heterocycles. The average molecular weight is 235 g/mol. The van der Waals surface area contributed by atoms with Crippen LogP contribution in [0.15, 0.2) is 29.1 Å². The zero-order chi connectivity index (χ0) is 12.3. The largest absolute Gasteiger partial charge is 0.478 e. The molecule has 0 saturated carbocycles. The Hall–Kier alpha value is -2.57. The molecule has 0 aromatic carbocycles. The third kappa shape index (κ3) is 2.51. The van der Waals surface area contributed by atoms with E-state index >= 15 is 0 Å². The van der Waals surface area contributed by atoms with Crippen LogP contribution in [0.3, 0.4) is 0 Å². The molecule has 3 N–H and O–H groups in total. The minimum absolute atomic E-state index is 0.0362. The zero-order valence-corrected chi connectivity index (χ0v) is 8.64. The van der Waals surface area contributed by atoms with Gasteiger partial charge in [-0.1, -0.05) is 0 Å². The molecule has 0 aliphatic carbocycles. The lowest BCUT2D eigenvalue weighted by Gasteiger charge is -1.99. The first kappa shape index (κ1) is 10.9. The summed E-state index contributed by atoms with van der Waals surface area (Å²) in [7, 11) is 0. The first-order valence-corrected chi connectivity index (χ1v) is 4.74. The fraction of sp³-hybridized carbons (Fsp3) is 0.100. The molecule has 7 heteroatoms. The SMILES string of the molecule is O=C(O)c1coc(C(=O)NCc2cn[nH]c2)c1. The molecule has 0 atom stereocenters. The molecule has 0 aliphatic rings. The van der Waals surface area contributed by atoms with Crippen molar-refractivity contribution in [1.82, 2.24) is 15.5 Å². The van der Waals surface area contributed by atoms with Crippen molar-refractivity contribution in [2.24, 2.45) is 0 Å². The molecule has 0 radical (unpaired) electrons. The number of aromatic nitrogens is 2. The van der Waals surface area contributed by atoms with Gasteiger partial charge in [0.25, 0.3) is 5.91 Å². The molecule has 0 saturated heterocycles.